The number of ether oxygens (including phenoxy) is 1. The Hall–Kier alpha value is -2.43. The third kappa shape index (κ3) is 6.07. The first kappa shape index (κ1) is 28.6. The van der Waals surface area contributed by atoms with Gasteiger partial charge in [0, 0.05) is 17.1 Å². The van der Waals surface area contributed by atoms with E-state index in [0.29, 0.717) is 39.8 Å². The number of carbonyl (C=O) groups excluding carboxylic acids is 2. The van der Waals surface area contributed by atoms with Crippen LogP contribution in [0.4, 0.5) is 10.6 Å². The number of anilines is 1. The van der Waals surface area contributed by atoms with Crippen molar-refractivity contribution in [2.75, 3.05) is 22.9 Å². The molecule has 11 nitrogen and oxygen atoms in total. The van der Waals surface area contributed by atoms with Gasteiger partial charge in [-0.05, 0) is 78.6 Å². The summed E-state index contributed by atoms with van der Waals surface area (Å²) in [5, 5.41) is 0.138. The maximum atomic E-state index is 12.8. The van der Waals surface area contributed by atoms with Crippen LogP contribution in [0.3, 0.4) is 0 Å². The number of amides is 1. The van der Waals surface area contributed by atoms with Gasteiger partial charge in [-0.2, -0.15) is 4.98 Å². The Morgan fingerprint density at radius 3 is 2.55 bits per heavy atom. The fourth-order valence-electron chi connectivity index (χ4n) is 4.39. The van der Waals surface area contributed by atoms with E-state index in [4.69, 9.17) is 21.8 Å². The number of esters is 1. The molecule has 1 aliphatic rings. The summed E-state index contributed by atoms with van der Waals surface area (Å²) < 4.78 is 61.7. The summed E-state index contributed by atoms with van der Waals surface area (Å²) in [6.45, 7) is 0.000680. The second kappa shape index (κ2) is 11.0. The lowest BCUT2D eigenvalue weighted by Crippen LogP contribution is -2.33. The molecular formula is C23H23ClIN3O8S2. The molecule has 1 amide bonds. The number of sulfone groups is 1. The molecule has 15 heteroatoms. The van der Waals surface area contributed by atoms with Crippen LogP contribution < -0.4 is 10.0 Å². The van der Waals surface area contributed by atoms with Crippen molar-refractivity contribution >= 4 is 83.0 Å². The third-order valence-electron chi connectivity index (χ3n) is 6.11. The Morgan fingerprint density at radius 1 is 1.29 bits per heavy atom. The van der Waals surface area contributed by atoms with Crippen LogP contribution in [0, 0.1) is 3.57 Å². The van der Waals surface area contributed by atoms with Crippen molar-refractivity contribution in [2.24, 2.45) is 5.73 Å². The average Bonchev–Trinajstić information content (AvgIpc) is 3.34. The molecule has 0 spiro atoms. The molecule has 1 saturated heterocycles. The van der Waals surface area contributed by atoms with Crippen molar-refractivity contribution < 1.29 is 35.6 Å². The van der Waals surface area contributed by atoms with Crippen molar-refractivity contribution in [3.05, 3.63) is 44.5 Å². The van der Waals surface area contributed by atoms with Gasteiger partial charge in [0.2, 0.25) is 15.7 Å². The minimum absolute atomic E-state index is 0.000680. The predicted molar refractivity (Wildman–Crippen MR) is 150 cm³/mol. The number of fused-ring (bicyclic) bond motifs is 1. The van der Waals surface area contributed by atoms with Gasteiger partial charge in [0.25, 0.3) is 0 Å². The Kier molecular flexibility index (Phi) is 8.26. The summed E-state index contributed by atoms with van der Waals surface area (Å²) in [7, 11) is -6.97. The standard InChI is InChI=1S/C23H23ClIN3O8S2/c1-37(31,32)28(10-2-4-15-5-3-11-38(15,33)34)20-17(25)12-16-18(22(29)36-23(26)30)19(35-21(16)27-20)13-6-8-14(24)9-7-13/h6-9,12,15H,2-5,10-11H2,1H3,(H2,26,30). The topological polar surface area (TPSA) is 167 Å². The Morgan fingerprint density at radius 2 is 1.97 bits per heavy atom. The zero-order valence-corrected chi connectivity index (χ0v) is 24.6. The van der Waals surface area contributed by atoms with Crippen LogP contribution >= 0.6 is 34.2 Å². The number of primary amides is 1. The van der Waals surface area contributed by atoms with Gasteiger partial charge in [0.15, 0.2) is 21.4 Å². The molecule has 2 aromatic heterocycles. The van der Waals surface area contributed by atoms with E-state index in [1.54, 1.807) is 24.3 Å². The second-order valence-electron chi connectivity index (χ2n) is 8.78. The predicted octanol–water partition coefficient (Wildman–Crippen LogP) is 4.11. The molecule has 1 aliphatic heterocycles. The van der Waals surface area contributed by atoms with E-state index >= 15 is 0 Å². The summed E-state index contributed by atoms with van der Waals surface area (Å²) in [5.74, 6) is -0.829. The monoisotopic (exact) mass is 695 g/mol. The maximum Gasteiger partial charge on any atom is 0.412 e. The number of hydrogen-bond donors (Lipinski definition) is 1. The van der Waals surface area contributed by atoms with E-state index in [2.05, 4.69) is 9.72 Å². The maximum absolute atomic E-state index is 12.8. The van der Waals surface area contributed by atoms with Crippen molar-refractivity contribution in [1.29, 1.82) is 0 Å². The van der Waals surface area contributed by atoms with Gasteiger partial charge >= 0.3 is 12.1 Å². The minimum Gasteiger partial charge on any atom is -0.437 e. The number of rotatable bonds is 8. The first-order chi connectivity index (χ1) is 17.8. The van der Waals surface area contributed by atoms with E-state index < -0.39 is 37.2 Å². The molecule has 0 bridgehead atoms. The molecule has 0 aliphatic carbocycles. The van der Waals surface area contributed by atoms with E-state index in [9.17, 15) is 26.4 Å². The van der Waals surface area contributed by atoms with E-state index in [1.165, 1.54) is 6.07 Å². The van der Waals surface area contributed by atoms with Crippen molar-refractivity contribution in [1.82, 2.24) is 4.98 Å². The highest BCUT2D eigenvalue weighted by molar-refractivity contribution is 14.1. The third-order valence-corrected chi connectivity index (χ3v) is 10.7. The number of furan rings is 1. The lowest BCUT2D eigenvalue weighted by Gasteiger charge is -2.23. The lowest BCUT2D eigenvalue weighted by molar-refractivity contribution is 0.0640. The molecule has 1 unspecified atom stereocenters. The van der Waals surface area contributed by atoms with Crippen LogP contribution in [0.1, 0.15) is 36.0 Å². The lowest BCUT2D eigenvalue weighted by atomic mass is 10.1. The molecule has 1 aromatic carbocycles. The summed E-state index contributed by atoms with van der Waals surface area (Å²) in [6, 6.07) is 7.83. The zero-order valence-electron chi connectivity index (χ0n) is 20.0. The summed E-state index contributed by atoms with van der Waals surface area (Å²) in [5.41, 5.74) is 5.28. The quantitative estimate of drug-likeness (QED) is 0.207. The smallest absolute Gasteiger partial charge is 0.412 e. The fourth-order valence-corrected chi connectivity index (χ4v) is 8.27. The summed E-state index contributed by atoms with van der Waals surface area (Å²) in [6.07, 6.45) is 1.52. The van der Waals surface area contributed by atoms with Gasteiger partial charge in [0.1, 0.15) is 5.56 Å². The highest BCUT2D eigenvalue weighted by Gasteiger charge is 2.32. The Balaban J connectivity index is 1.76. The van der Waals surface area contributed by atoms with Crippen LogP contribution in [0.25, 0.3) is 22.4 Å². The number of hydrogen-bond acceptors (Lipinski definition) is 9. The van der Waals surface area contributed by atoms with Gasteiger partial charge in [-0.3, -0.25) is 4.31 Å². The van der Waals surface area contributed by atoms with Crippen molar-refractivity contribution in [3.8, 4) is 11.3 Å². The molecule has 1 atom stereocenters. The molecule has 3 heterocycles. The number of sulfonamides is 1. The highest BCUT2D eigenvalue weighted by atomic mass is 127. The first-order valence-electron chi connectivity index (χ1n) is 11.4. The van der Waals surface area contributed by atoms with Crippen molar-refractivity contribution in [3.63, 3.8) is 0 Å². The summed E-state index contributed by atoms with van der Waals surface area (Å²) in [4.78, 5) is 28.5. The zero-order chi connectivity index (χ0) is 27.8. The van der Waals surface area contributed by atoms with Crippen LogP contribution in [0.15, 0.2) is 34.7 Å². The Labute approximate surface area is 237 Å². The first-order valence-corrected chi connectivity index (χ1v) is 16.4. The normalized spacial score (nSPS) is 17.0. The van der Waals surface area contributed by atoms with Crippen LogP contribution in [0.2, 0.25) is 5.02 Å². The number of carbonyl (C=O) groups is 2. The average molecular weight is 696 g/mol. The fraction of sp³-hybridized carbons (Fsp3) is 0.348. The number of nitrogens with two attached hydrogens (primary N) is 1. The van der Waals surface area contributed by atoms with E-state index in [1.807, 2.05) is 22.6 Å². The van der Waals surface area contributed by atoms with E-state index in [0.717, 1.165) is 10.6 Å². The van der Waals surface area contributed by atoms with Gasteiger partial charge in [0.05, 0.1) is 26.2 Å². The minimum atomic E-state index is -3.82. The summed E-state index contributed by atoms with van der Waals surface area (Å²) >= 11 is 7.86. The largest absolute Gasteiger partial charge is 0.437 e. The SMILES string of the molecule is CS(=O)(=O)N(CCCC1CCCS1(=O)=O)c1nc2oc(-c3ccc(Cl)cc3)c(C(=O)OC(N)=O)c2cc1I. The second-order valence-corrected chi connectivity index (χ2v) is 14.7. The molecule has 2 N–H and O–H groups in total. The van der Waals surface area contributed by atoms with Gasteiger partial charge in [-0.25, -0.2) is 26.4 Å². The highest BCUT2D eigenvalue weighted by Crippen LogP contribution is 2.37. The number of halogens is 2. The van der Waals surface area contributed by atoms with Crippen LogP contribution in [-0.4, -0.2) is 57.7 Å². The number of aromatic nitrogens is 1. The van der Waals surface area contributed by atoms with Gasteiger partial charge in [-0.1, -0.05) is 11.6 Å². The number of pyridine rings is 1. The van der Waals surface area contributed by atoms with Crippen LogP contribution in [0.5, 0.6) is 0 Å². The molecule has 4 rings (SSSR count). The van der Waals surface area contributed by atoms with Crippen LogP contribution in [-0.2, 0) is 24.6 Å². The molecule has 204 valence electrons. The Bertz CT molecular complexity index is 1620. The molecule has 3 aromatic rings. The molecule has 0 radical (unpaired) electrons. The molecule has 0 saturated carbocycles. The molecule has 38 heavy (non-hydrogen) atoms. The van der Waals surface area contributed by atoms with Crippen molar-refractivity contribution in [2.45, 2.75) is 30.9 Å². The molecular weight excluding hydrogens is 673 g/mol. The number of nitrogens with zero attached hydrogens (tertiary/aromatic N) is 2. The van der Waals surface area contributed by atoms with Gasteiger partial charge < -0.3 is 14.9 Å². The van der Waals surface area contributed by atoms with Gasteiger partial charge in [-0.15, -0.1) is 0 Å². The van der Waals surface area contributed by atoms with E-state index in [-0.39, 0.29) is 40.5 Å². The molecule has 1 fully saturated rings. The number of benzene rings is 1.